The Morgan fingerprint density at radius 1 is 1.53 bits per heavy atom. The number of rotatable bonds is 1. The van der Waals surface area contributed by atoms with Crippen molar-refractivity contribution in [3.05, 3.63) is 0 Å². The molecule has 1 amide bonds. The van der Waals surface area contributed by atoms with Crippen LogP contribution in [-0.2, 0) is 4.79 Å². The molecule has 6 nitrogen and oxygen atoms in total. The molecule has 0 aromatic heterocycles. The molecular formula is C11H15N5O. The Hall–Kier alpha value is -1.61. The smallest absolute Gasteiger partial charge is 0.268 e. The summed E-state index contributed by atoms with van der Waals surface area (Å²) in [6, 6.07) is 2.21. The minimum atomic E-state index is -0.161. The van der Waals surface area contributed by atoms with Crippen LogP contribution in [0.4, 0.5) is 0 Å². The van der Waals surface area contributed by atoms with Crippen LogP contribution in [0, 0.1) is 17.2 Å². The highest BCUT2D eigenvalue weighted by Gasteiger charge is 2.48. The Balaban J connectivity index is 1.84. The van der Waals surface area contributed by atoms with Crippen LogP contribution in [0.5, 0.6) is 0 Å². The molecular weight excluding hydrogens is 218 g/mol. The summed E-state index contributed by atoms with van der Waals surface area (Å²) in [6.45, 7) is 0.0387. The highest BCUT2D eigenvalue weighted by molar-refractivity contribution is 5.87. The fraction of sp³-hybridized carbons (Fsp3) is 0.727. The van der Waals surface area contributed by atoms with Crippen molar-refractivity contribution in [3.63, 3.8) is 0 Å². The van der Waals surface area contributed by atoms with Crippen LogP contribution >= 0.6 is 0 Å². The molecule has 3 rings (SSSR count). The summed E-state index contributed by atoms with van der Waals surface area (Å²) in [5.41, 5.74) is 3.34. The zero-order valence-corrected chi connectivity index (χ0v) is 9.54. The number of hydrazine groups is 1. The summed E-state index contributed by atoms with van der Waals surface area (Å²) >= 11 is 0. The molecule has 2 fully saturated rings. The lowest BCUT2D eigenvalue weighted by atomic mass is 9.81. The molecule has 0 aromatic rings. The number of hydrogen-bond acceptors (Lipinski definition) is 5. The second-order valence-corrected chi connectivity index (χ2v) is 4.82. The van der Waals surface area contributed by atoms with Crippen LogP contribution in [0.3, 0.4) is 0 Å². The summed E-state index contributed by atoms with van der Waals surface area (Å²) in [7, 11) is 0. The Morgan fingerprint density at radius 3 is 3.18 bits per heavy atom. The third kappa shape index (κ3) is 1.58. The van der Waals surface area contributed by atoms with Gasteiger partial charge in [0.2, 0.25) is 0 Å². The van der Waals surface area contributed by atoms with Gasteiger partial charge in [0.25, 0.3) is 5.91 Å². The van der Waals surface area contributed by atoms with Crippen molar-refractivity contribution >= 4 is 12.2 Å². The van der Waals surface area contributed by atoms with Crippen molar-refractivity contribution in [1.29, 1.82) is 5.26 Å². The maximum absolute atomic E-state index is 12.2. The van der Waals surface area contributed by atoms with Gasteiger partial charge in [0.15, 0.2) is 0 Å². The lowest BCUT2D eigenvalue weighted by Gasteiger charge is -2.32. The van der Waals surface area contributed by atoms with Gasteiger partial charge >= 0.3 is 0 Å². The number of carbonyl (C=O) groups is 1. The van der Waals surface area contributed by atoms with E-state index in [1.54, 1.807) is 6.34 Å². The number of hydrogen-bond donors (Lipinski definition) is 1. The first kappa shape index (κ1) is 10.5. The third-order valence-electron chi connectivity index (χ3n) is 3.88. The van der Waals surface area contributed by atoms with E-state index in [4.69, 9.17) is 5.26 Å². The second-order valence-electron chi connectivity index (χ2n) is 4.82. The molecule has 0 aromatic carbocycles. The van der Waals surface area contributed by atoms with Gasteiger partial charge < -0.3 is 0 Å². The minimum absolute atomic E-state index is 0.0387. The lowest BCUT2D eigenvalue weighted by Crippen LogP contribution is -2.52. The number of hydrazone groups is 1. The van der Waals surface area contributed by atoms with Gasteiger partial charge in [-0.05, 0) is 12.8 Å². The number of nitrogens with one attached hydrogen (secondary N) is 1. The molecule has 1 aliphatic carbocycles. The monoisotopic (exact) mass is 233 g/mol. The summed E-state index contributed by atoms with van der Waals surface area (Å²) in [5, 5.41) is 15.8. The zero-order chi connectivity index (χ0) is 11.8. The van der Waals surface area contributed by atoms with Crippen molar-refractivity contribution in [2.75, 3.05) is 6.54 Å². The Kier molecular flexibility index (Phi) is 2.48. The fourth-order valence-corrected chi connectivity index (χ4v) is 3.10. The maximum Gasteiger partial charge on any atom is 0.268 e. The summed E-state index contributed by atoms with van der Waals surface area (Å²) < 4.78 is 0. The zero-order valence-electron chi connectivity index (χ0n) is 9.54. The molecule has 0 bridgehead atoms. The Bertz CT molecular complexity index is 401. The minimum Gasteiger partial charge on any atom is -0.283 e. The molecule has 3 aliphatic rings. The maximum atomic E-state index is 12.2. The van der Waals surface area contributed by atoms with E-state index in [-0.39, 0.29) is 18.5 Å². The standard InChI is InChI=1S/C11H15N5O/c12-5-6-15-11(17)10-8-3-1-2-4-9(8)14-16(10)7-13-15/h7-10,14H,1-4,6H2. The van der Waals surface area contributed by atoms with E-state index in [9.17, 15) is 4.79 Å². The van der Waals surface area contributed by atoms with Gasteiger partial charge in [0.1, 0.15) is 18.9 Å². The fourth-order valence-electron chi connectivity index (χ4n) is 3.10. The van der Waals surface area contributed by atoms with Crippen molar-refractivity contribution < 1.29 is 4.79 Å². The molecule has 2 aliphatic heterocycles. The van der Waals surface area contributed by atoms with Gasteiger partial charge in [-0.1, -0.05) is 12.8 Å². The Morgan fingerprint density at radius 2 is 2.35 bits per heavy atom. The highest BCUT2D eigenvalue weighted by atomic mass is 16.2. The summed E-state index contributed by atoms with van der Waals surface area (Å²) in [6.07, 6.45) is 6.26. The molecule has 1 saturated carbocycles. The molecule has 90 valence electrons. The van der Waals surface area contributed by atoms with Gasteiger partial charge in [0, 0.05) is 12.0 Å². The predicted molar refractivity (Wildman–Crippen MR) is 60.3 cm³/mol. The van der Waals surface area contributed by atoms with Crippen molar-refractivity contribution in [2.24, 2.45) is 11.0 Å². The molecule has 1 saturated heterocycles. The van der Waals surface area contributed by atoms with Crippen molar-refractivity contribution in [2.45, 2.75) is 37.8 Å². The molecule has 6 heteroatoms. The van der Waals surface area contributed by atoms with E-state index < -0.39 is 0 Å². The average molecular weight is 233 g/mol. The number of nitriles is 1. The number of carbonyl (C=O) groups excluding carboxylic acids is 1. The SMILES string of the molecule is N#CCN1N=CN2NC3CCCCC3C2C1=O. The normalized spacial score (nSPS) is 35.5. The summed E-state index contributed by atoms with van der Waals surface area (Å²) in [5.74, 6) is 0.320. The van der Waals surface area contributed by atoms with Crippen LogP contribution < -0.4 is 5.43 Å². The van der Waals surface area contributed by atoms with E-state index in [2.05, 4.69) is 10.5 Å². The molecule has 1 N–H and O–H groups in total. The van der Waals surface area contributed by atoms with Crippen molar-refractivity contribution in [1.82, 2.24) is 15.4 Å². The topological polar surface area (TPSA) is 71.7 Å². The van der Waals surface area contributed by atoms with Gasteiger partial charge in [-0.3, -0.25) is 9.80 Å². The van der Waals surface area contributed by atoms with Crippen molar-refractivity contribution in [3.8, 4) is 6.07 Å². The van der Waals surface area contributed by atoms with E-state index >= 15 is 0 Å². The van der Waals surface area contributed by atoms with Gasteiger partial charge in [-0.25, -0.2) is 10.4 Å². The van der Waals surface area contributed by atoms with Crippen LogP contribution in [-0.4, -0.2) is 40.9 Å². The van der Waals surface area contributed by atoms with Crippen LogP contribution in [0.15, 0.2) is 5.10 Å². The number of amides is 1. The van der Waals surface area contributed by atoms with Crippen LogP contribution in [0.1, 0.15) is 25.7 Å². The first-order valence-corrected chi connectivity index (χ1v) is 6.08. The predicted octanol–water partition coefficient (Wildman–Crippen LogP) is 0.0431. The molecule has 17 heavy (non-hydrogen) atoms. The summed E-state index contributed by atoms with van der Waals surface area (Å²) in [4.78, 5) is 12.2. The van der Waals surface area contributed by atoms with Crippen LogP contribution in [0.25, 0.3) is 0 Å². The largest absolute Gasteiger partial charge is 0.283 e. The second kappa shape index (κ2) is 4.00. The first-order chi connectivity index (χ1) is 8.31. The first-order valence-electron chi connectivity index (χ1n) is 6.08. The average Bonchev–Trinajstić information content (AvgIpc) is 2.72. The molecule has 3 unspecified atom stereocenters. The molecule has 3 atom stereocenters. The van der Waals surface area contributed by atoms with E-state index in [0.717, 1.165) is 12.8 Å². The van der Waals surface area contributed by atoms with E-state index in [0.29, 0.717) is 12.0 Å². The van der Waals surface area contributed by atoms with Gasteiger partial charge in [0.05, 0.1) is 6.07 Å². The highest BCUT2D eigenvalue weighted by Crippen LogP contribution is 2.35. The number of fused-ring (bicyclic) bond motifs is 3. The Labute approximate surface area is 99.8 Å². The third-order valence-corrected chi connectivity index (χ3v) is 3.88. The molecule has 0 radical (unpaired) electrons. The van der Waals surface area contributed by atoms with Crippen LogP contribution in [0.2, 0.25) is 0 Å². The molecule has 2 heterocycles. The van der Waals surface area contributed by atoms with Gasteiger partial charge in [-0.2, -0.15) is 10.4 Å². The molecule has 0 spiro atoms. The lowest BCUT2D eigenvalue weighted by molar-refractivity contribution is -0.137. The van der Waals surface area contributed by atoms with Gasteiger partial charge in [-0.15, -0.1) is 0 Å². The van der Waals surface area contributed by atoms with E-state index in [1.807, 2.05) is 11.1 Å². The quantitative estimate of drug-likeness (QED) is 0.649. The number of nitrogens with zero attached hydrogens (tertiary/aromatic N) is 4. The van der Waals surface area contributed by atoms with E-state index in [1.165, 1.54) is 17.9 Å².